The van der Waals surface area contributed by atoms with Crippen LogP contribution in [0.3, 0.4) is 0 Å². The molecule has 0 saturated heterocycles. The van der Waals surface area contributed by atoms with Crippen molar-refractivity contribution >= 4 is 11.9 Å². The summed E-state index contributed by atoms with van der Waals surface area (Å²) in [5, 5.41) is 8.15. The predicted molar refractivity (Wildman–Crippen MR) is 58.5 cm³/mol. The molecule has 86 valence electrons. The summed E-state index contributed by atoms with van der Waals surface area (Å²) in [6.45, 7) is 8.93. The zero-order valence-corrected chi connectivity index (χ0v) is 9.28. The third-order valence-corrected chi connectivity index (χ3v) is 1.35. The average molecular weight is 214 g/mol. The van der Waals surface area contributed by atoms with Crippen molar-refractivity contribution in [3.63, 3.8) is 0 Å². The molecule has 15 heavy (non-hydrogen) atoms. The highest BCUT2D eigenvalue weighted by molar-refractivity contribution is 5.71. The van der Waals surface area contributed by atoms with Gasteiger partial charge in [0.1, 0.15) is 0 Å². The Morgan fingerprint density at radius 3 is 2.13 bits per heavy atom. The van der Waals surface area contributed by atoms with Gasteiger partial charge in [0.2, 0.25) is 0 Å². The number of rotatable bonds is 5. The number of methoxy groups -OCH3 is 1. The van der Waals surface area contributed by atoms with Crippen LogP contribution in [0.25, 0.3) is 0 Å². The monoisotopic (exact) mass is 214 g/mol. The van der Waals surface area contributed by atoms with Crippen LogP contribution in [0.5, 0.6) is 0 Å². The molecule has 0 aliphatic heterocycles. The lowest BCUT2D eigenvalue weighted by Gasteiger charge is -1.94. The minimum Gasteiger partial charge on any atom is -0.481 e. The van der Waals surface area contributed by atoms with Crippen molar-refractivity contribution in [2.75, 3.05) is 7.11 Å². The second-order valence-corrected chi connectivity index (χ2v) is 2.87. The minimum atomic E-state index is -0.885. The molecule has 0 unspecified atom stereocenters. The molecular weight excluding hydrogens is 196 g/mol. The first-order chi connectivity index (χ1) is 6.93. The number of esters is 1. The number of ether oxygens (including phenoxy) is 1. The van der Waals surface area contributed by atoms with Crippen LogP contribution in [-0.4, -0.2) is 24.2 Å². The summed E-state index contributed by atoms with van der Waals surface area (Å²) < 4.78 is 4.30. The summed E-state index contributed by atoms with van der Waals surface area (Å²) in [7, 11) is 1.28. The zero-order valence-electron chi connectivity index (χ0n) is 9.28. The second kappa shape index (κ2) is 10.5. The van der Waals surface area contributed by atoms with Crippen LogP contribution in [-0.2, 0) is 14.3 Å². The van der Waals surface area contributed by atoms with Crippen LogP contribution in [0.2, 0.25) is 0 Å². The number of allylic oxidation sites excluding steroid dienone is 2. The molecule has 0 atom stereocenters. The molecule has 0 aliphatic carbocycles. The molecule has 0 bridgehead atoms. The fourth-order valence-corrected chi connectivity index (χ4v) is 0.486. The van der Waals surface area contributed by atoms with E-state index in [0.717, 1.165) is 5.57 Å². The Morgan fingerprint density at radius 1 is 1.40 bits per heavy atom. The maximum absolute atomic E-state index is 10.4. The highest BCUT2D eigenvalue weighted by Crippen LogP contribution is 1.95. The van der Waals surface area contributed by atoms with Gasteiger partial charge in [-0.25, -0.2) is 0 Å². The molecular formula is C11H18O4. The van der Waals surface area contributed by atoms with E-state index in [4.69, 9.17) is 5.11 Å². The predicted octanol–water partition coefficient (Wildman–Crippen LogP) is 2.16. The molecule has 0 aliphatic rings. The quantitative estimate of drug-likeness (QED) is 0.562. The van der Waals surface area contributed by atoms with Crippen LogP contribution in [0, 0.1) is 0 Å². The summed E-state index contributed by atoms with van der Waals surface area (Å²) in [6.07, 6.45) is 2.28. The summed E-state index contributed by atoms with van der Waals surface area (Å²) in [5.41, 5.74) is 1.02. The second-order valence-electron chi connectivity index (χ2n) is 2.87. The average Bonchev–Trinajstić information content (AvgIpc) is 2.17. The Balaban J connectivity index is 0. The van der Waals surface area contributed by atoms with E-state index in [9.17, 15) is 9.59 Å². The highest BCUT2D eigenvalue weighted by atomic mass is 16.5. The molecule has 1 N–H and O–H groups in total. The van der Waals surface area contributed by atoms with Gasteiger partial charge < -0.3 is 9.84 Å². The van der Waals surface area contributed by atoms with Crippen molar-refractivity contribution in [3.05, 3.63) is 24.8 Å². The van der Waals surface area contributed by atoms with E-state index in [1.54, 1.807) is 6.08 Å². The van der Waals surface area contributed by atoms with Crippen molar-refractivity contribution < 1.29 is 19.4 Å². The Kier molecular flexibility index (Phi) is 11.1. The molecule has 0 heterocycles. The normalized spacial score (nSPS) is 8.13. The van der Waals surface area contributed by atoms with E-state index < -0.39 is 5.97 Å². The molecule has 0 spiro atoms. The Hall–Kier alpha value is -1.58. The Bertz CT molecular complexity index is 231. The van der Waals surface area contributed by atoms with Crippen molar-refractivity contribution in [1.29, 1.82) is 0 Å². The van der Waals surface area contributed by atoms with Gasteiger partial charge in [0, 0.05) is 12.8 Å². The lowest BCUT2D eigenvalue weighted by molar-refractivity contribution is -0.141. The van der Waals surface area contributed by atoms with Gasteiger partial charge in [0.25, 0.3) is 0 Å². The number of carbonyl (C=O) groups is 2. The van der Waals surface area contributed by atoms with Gasteiger partial charge in [-0.3, -0.25) is 9.59 Å². The summed E-state index contributed by atoms with van der Waals surface area (Å²) >= 11 is 0. The summed E-state index contributed by atoms with van der Waals surface area (Å²) in [5.74, 6) is -1.25. The van der Waals surface area contributed by atoms with Crippen molar-refractivity contribution in [3.8, 4) is 0 Å². The molecule has 4 nitrogen and oxygen atoms in total. The molecule has 0 radical (unpaired) electrons. The van der Waals surface area contributed by atoms with Gasteiger partial charge in [-0.05, 0) is 13.3 Å². The number of carboxylic acids is 1. The number of carboxylic acid groups (broad SMARTS) is 1. The molecule has 0 saturated carbocycles. The molecule has 4 heteroatoms. The van der Waals surface area contributed by atoms with E-state index in [0.29, 0.717) is 6.42 Å². The van der Waals surface area contributed by atoms with E-state index >= 15 is 0 Å². The third kappa shape index (κ3) is 19.0. The van der Waals surface area contributed by atoms with Crippen LogP contribution < -0.4 is 0 Å². The van der Waals surface area contributed by atoms with Crippen molar-refractivity contribution in [1.82, 2.24) is 0 Å². The molecule has 0 aromatic heterocycles. The largest absolute Gasteiger partial charge is 0.481 e. The van der Waals surface area contributed by atoms with Gasteiger partial charge in [0.05, 0.1) is 7.11 Å². The highest BCUT2D eigenvalue weighted by Gasteiger charge is 2.01. The van der Waals surface area contributed by atoms with Crippen molar-refractivity contribution in [2.24, 2.45) is 0 Å². The fraction of sp³-hybridized carbons (Fsp3) is 0.455. The zero-order chi connectivity index (χ0) is 12.3. The first kappa shape index (κ1) is 15.9. The van der Waals surface area contributed by atoms with Crippen LogP contribution in [0.4, 0.5) is 0 Å². The molecule has 0 amide bonds. The van der Waals surface area contributed by atoms with E-state index in [1.165, 1.54) is 7.11 Å². The maximum Gasteiger partial charge on any atom is 0.305 e. The van der Waals surface area contributed by atoms with Crippen LogP contribution >= 0.6 is 0 Å². The molecule has 0 aromatic rings. The van der Waals surface area contributed by atoms with Crippen molar-refractivity contribution in [2.45, 2.75) is 26.2 Å². The number of hydrogen-bond acceptors (Lipinski definition) is 3. The molecule has 0 aromatic carbocycles. The first-order valence-corrected chi connectivity index (χ1v) is 4.50. The summed E-state index contributed by atoms with van der Waals surface area (Å²) in [6, 6.07) is 0. The lowest BCUT2D eigenvalue weighted by atomic mass is 10.2. The number of aliphatic carboxylic acids is 1. The van der Waals surface area contributed by atoms with E-state index in [1.807, 2.05) is 6.92 Å². The minimum absolute atomic E-state index is 0.0229. The van der Waals surface area contributed by atoms with Gasteiger partial charge in [-0.1, -0.05) is 24.8 Å². The van der Waals surface area contributed by atoms with Gasteiger partial charge in [0.15, 0.2) is 0 Å². The lowest BCUT2D eigenvalue weighted by Crippen LogP contribution is -2.02. The SMILES string of the molecule is C=CC(=C)C.COC(=O)CCCC(=O)O. The molecule has 0 rings (SSSR count). The topological polar surface area (TPSA) is 63.6 Å². The Labute approximate surface area is 90.2 Å². The molecule has 0 fully saturated rings. The standard InChI is InChI=1S/C6H10O4.C5H8/c1-10-6(9)4-2-3-5(7)8;1-4-5(2)3/h2-4H2,1H3,(H,7,8);4H,1-2H2,3H3. The van der Waals surface area contributed by atoms with Crippen LogP contribution in [0.1, 0.15) is 26.2 Å². The van der Waals surface area contributed by atoms with Gasteiger partial charge in [-0.15, -0.1) is 0 Å². The van der Waals surface area contributed by atoms with E-state index in [-0.39, 0.29) is 18.8 Å². The first-order valence-electron chi connectivity index (χ1n) is 4.50. The Morgan fingerprint density at radius 2 is 1.87 bits per heavy atom. The van der Waals surface area contributed by atoms with Gasteiger partial charge in [-0.2, -0.15) is 0 Å². The maximum atomic E-state index is 10.4. The van der Waals surface area contributed by atoms with Gasteiger partial charge >= 0.3 is 11.9 Å². The fourth-order valence-electron chi connectivity index (χ4n) is 0.486. The number of carbonyl (C=O) groups excluding carboxylic acids is 1. The number of hydrogen-bond donors (Lipinski definition) is 1. The summed E-state index contributed by atoms with van der Waals surface area (Å²) in [4.78, 5) is 20.3. The van der Waals surface area contributed by atoms with E-state index in [2.05, 4.69) is 17.9 Å². The smallest absolute Gasteiger partial charge is 0.305 e. The third-order valence-electron chi connectivity index (χ3n) is 1.35. The van der Waals surface area contributed by atoms with Crippen LogP contribution in [0.15, 0.2) is 24.8 Å².